The highest BCUT2D eigenvalue weighted by Crippen LogP contribution is 2.21. The van der Waals surface area contributed by atoms with Gasteiger partial charge in [0.1, 0.15) is 0 Å². The van der Waals surface area contributed by atoms with Crippen LogP contribution in [0.2, 0.25) is 0 Å². The van der Waals surface area contributed by atoms with Gasteiger partial charge in [-0.1, -0.05) is 6.92 Å². The van der Waals surface area contributed by atoms with Crippen molar-refractivity contribution in [2.75, 3.05) is 33.4 Å². The van der Waals surface area contributed by atoms with E-state index in [4.69, 9.17) is 4.74 Å². The van der Waals surface area contributed by atoms with Gasteiger partial charge in [-0.25, -0.2) is 0 Å². The first-order chi connectivity index (χ1) is 7.66. The third kappa shape index (κ3) is 2.96. The van der Waals surface area contributed by atoms with Crippen LogP contribution in [0.1, 0.15) is 26.7 Å². The van der Waals surface area contributed by atoms with Gasteiger partial charge in [0.2, 0.25) is 0 Å². The Morgan fingerprint density at radius 2 is 2.19 bits per heavy atom. The third-order valence-corrected chi connectivity index (χ3v) is 4.26. The van der Waals surface area contributed by atoms with Crippen LogP contribution in [0.4, 0.5) is 0 Å². The van der Waals surface area contributed by atoms with Crippen LogP contribution in [-0.2, 0) is 4.74 Å². The Labute approximate surface area is 99.5 Å². The second-order valence-corrected chi connectivity index (χ2v) is 5.71. The molecular weight excluding hydrogens is 200 g/mol. The van der Waals surface area contributed by atoms with Crippen molar-refractivity contribution in [1.29, 1.82) is 0 Å². The standard InChI is InChI=1S/C13H26N2O/c1-10-8-15(3)6-4-13(10)14-11(2)12-5-7-16-9-12/h10-14H,4-9H2,1-3H3. The molecule has 0 radical (unpaired) electrons. The fourth-order valence-electron chi connectivity index (χ4n) is 3.02. The molecule has 4 atom stereocenters. The zero-order chi connectivity index (χ0) is 11.5. The third-order valence-electron chi connectivity index (χ3n) is 4.26. The molecule has 2 heterocycles. The number of ether oxygens (including phenoxy) is 1. The van der Waals surface area contributed by atoms with E-state index in [2.05, 4.69) is 31.1 Å². The van der Waals surface area contributed by atoms with E-state index >= 15 is 0 Å². The summed E-state index contributed by atoms with van der Waals surface area (Å²) >= 11 is 0. The highest BCUT2D eigenvalue weighted by atomic mass is 16.5. The molecule has 0 aromatic heterocycles. The summed E-state index contributed by atoms with van der Waals surface area (Å²) in [5.41, 5.74) is 0. The molecule has 0 aliphatic carbocycles. The largest absolute Gasteiger partial charge is 0.381 e. The summed E-state index contributed by atoms with van der Waals surface area (Å²) in [6.45, 7) is 9.06. The number of rotatable bonds is 3. The van der Waals surface area contributed by atoms with Crippen LogP contribution >= 0.6 is 0 Å². The van der Waals surface area contributed by atoms with Crippen LogP contribution in [0, 0.1) is 11.8 Å². The molecule has 2 fully saturated rings. The zero-order valence-electron chi connectivity index (χ0n) is 10.9. The molecule has 94 valence electrons. The van der Waals surface area contributed by atoms with Crippen molar-refractivity contribution >= 4 is 0 Å². The minimum atomic E-state index is 0.610. The van der Waals surface area contributed by atoms with Crippen molar-refractivity contribution in [1.82, 2.24) is 10.2 Å². The molecule has 4 unspecified atom stereocenters. The van der Waals surface area contributed by atoms with E-state index in [1.165, 1.54) is 25.9 Å². The van der Waals surface area contributed by atoms with Crippen LogP contribution in [0.25, 0.3) is 0 Å². The van der Waals surface area contributed by atoms with Crippen molar-refractivity contribution in [2.45, 2.75) is 38.8 Å². The molecule has 0 spiro atoms. The lowest BCUT2D eigenvalue weighted by Crippen LogP contribution is -2.51. The summed E-state index contributed by atoms with van der Waals surface area (Å²) < 4.78 is 5.46. The topological polar surface area (TPSA) is 24.5 Å². The first-order valence-electron chi connectivity index (χ1n) is 6.69. The summed E-state index contributed by atoms with van der Waals surface area (Å²) in [5, 5.41) is 3.82. The van der Waals surface area contributed by atoms with Crippen molar-refractivity contribution in [3.05, 3.63) is 0 Å². The number of likely N-dealkylation sites (tertiary alicyclic amines) is 1. The van der Waals surface area contributed by atoms with Crippen molar-refractivity contribution in [3.63, 3.8) is 0 Å². The van der Waals surface area contributed by atoms with Gasteiger partial charge in [0, 0.05) is 25.2 Å². The molecule has 2 rings (SSSR count). The van der Waals surface area contributed by atoms with E-state index in [1.807, 2.05) is 0 Å². The highest BCUT2D eigenvalue weighted by molar-refractivity contribution is 4.86. The molecule has 2 aliphatic rings. The molecular formula is C13H26N2O. The monoisotopic (exact) mass is 226 g/mol. The Morgan fingerprint density at radius 3 is 2.81 bits per heavy atom. The molecule has 1 N–H and O–H groups in total. The first kappa shape index (κ1) is 12.3. The Bertz CT molecular complexity index is 216. The van der Waals surface area contributed by atoms with Crippen molar-refractivity contribution < 1.29 is 4.74 Å². The van der Waals surface area contributed by atoms with Crippen LogP contribution < -0.4 is 5.32 Å². The van der Waals surface area contributed by atoms with Crippen LogP contribution in [0.15, 0.2) is 0 Å². The summed E-state index contributed by atoms with van der Waals surface area (Å²) in [5.74, 6) is 1.50. The molecule has 0 bridgehead atoms. The normalized spacial score (nSPS) is 38.8. The Kier molecular flexibility index (Phi) is 4.22. The van der Waals surface area contributed by atoms with Crippen LogP contribution in [-0.4, -0.2) is 50.3 Å². The lowest BCUT2D eigenvalue weighted by atomic mass is 9.91. The van der Waals surface area contributed by atoms with E-state index in [-0.39, 0.29) is 0 Å². The molecule has 0 amide bonds. The van der Waals surface area contributed by atoms with E-state index in [0.717, 1.165) is 25.0 Å². The second-order valence-electron chi connectivity index (χ2n) is 5.71. The Morgan fingerprint density at radius 1 is 1.38 bits per heavy atom. The average molecular weight is 226 g/mol. The van der Waals surface area contributed by atoms with Crippen molar-refractivity contribution in [3.8, 4) is 0 Å². The van der Waals surface area contributed by atoms with Gasteiger partial charge in [0.25, 0.3) is 0 Å². The maximum absolute atomic E-state index is 5.46. The molecule has 2 aliphatic heterocycles. The summed E-state index contributed by atoms with van der Waals surface area (Å²) in [6.07, 6.45) is 2.52. The number of hydrogen-bond acceptors (Lipinski definition) is 3. The predicted molar refractivity (Wildman–Crippen MR) is 66.6 cm³/mol. The molecule has 2 saturated heterocycles. The quantitative estimate of drug-likeness (QED) is 0.786. The first-order valence-corrected chi connectivity index (χ1v) is 6.69. The summed E-state index contributed by atoms with van der Waals surface area (Å²) in [4.78, 5) is 2.44. The SMILES string of the molecule is CC1CN(C)CCC1NC(C)C1CCOC1. The number of nitrogens with zero attached hydrogens (tertiary/aromatic N) is 1. The average Bonchev–Trinajstić information content (AvgIpc) is 2.75. The van der Waals surface area contributed by atoms with Gasteiger partial charge in [0.05, 0.1) is 6.61 Å². The minimum Gasteiger partial charge on any atom is -0.381 e. The molecule has 3 heteroatoms. The maximum atomic E-state index is 5.46. The summed E-state index contributed by atoms with van der Waals surface area (Å²) in [7, 11) is 2.22. The van der Waals surface area contributed by atoms with E-state index in [1.54, 1.807) is 0 Å². The van der Waals surface area contributed by atoms with Crippen molar-refractivity contribution in [2.24, 2.45) is 11.8 Å². The van der Waals surface area contributed by atoms with Gasteiger partial charge in [-0.2, -0.15) is 0 Å². The van der Waals surface area contributed by atoms with Gasteiger partial charge >= 0.3 is 0 Å². The van der Waals surface area contributed by atoms with Crippen LogP contribution in [0.3, 0.4) is 0 Å². The second kappa shape index (κ2) is 5.48. The molecule has 16 heavy (non-hydrogen) atoms. The van der Waals surface area contributed by atoms with Gasteiger partial charge in [0.15, 0.2) is 0 Å². The minimum absolute atomic E-state index is 0.610. The smallest absolute Gasteiger partial charge is 0.0509 e. The lowest BCUT2D eigenvalue weighted by Gasteiger charge is -2.37. The summed E-state index contributed by atoms with van der Waals surface area (Å²) in [6, 6.07) is 1.31. The Balaban J connectivity index is 1.79. The zero-order valence-corrected chi connectivity index (χ0v) is 10.9. The van der Waals surface area contributed by atoms with E-state index in [0.29, 0.717) is 12.1 Å². The van der Waals surface area contributed by atoms with Gasteiger partial charge in [-0.05, 0) is 45.2 Å². The molecule has 3 nitrogen and oxygen atoms in total. The molecule has 0 aromatic rings. The van der Waals surface area contributed by atoms with E-state index in [9.17, 15) is 0 Å². The fourth-order valence-corrected chi connectivity index (χ4v) is 3.02. The van der Waals surface area contributed by atoms with Crippen LogP contribution in [0.5, 0.6) is 0 Å². The molecule has 0 aromatic carbocycles. The number of hydrogen-bond donors (Lipinski definition) is 1. The van der Waals surface area contributed by atoms with Gasteiger partial charge in [-0.15, -0.1) is 0 Å². The number of piperidine rings is 1. The maximum Gasteiger partial charge on any atom is 0.0509 e. The molecule has 0 saturated carbocycles. The number of nitrogens with one attached hydrogen (secondary N) is 1. The van der Waals surface area contributed by atoms with E-state index < -0.39 is 0 Å². The Hall–Kier alpha value is -0.120. The highest BCUT2D eigenvalue weighted by Gasteiger charge is 2.28. The van der Waals surface area contributed by atoms with Gasteiger partial charge < -0.3 is 15.0 Å². The van der Waals surface area contributed by atoms with Gasteiger partial charge in [-0.3, -0.25) is 0 Å². The fraction of sp³-hybridized carbons (Fsp3) is 1.00. The lowest BCUT2D eigenvalue weighted by molar-refractivity contribution is 0.147. The predicted octanol–water partition coefficient (Wildman–Crippen LogP) is 1.34.